The molecule has 0 heterocycles. The van der Waals surface area contributed by atoms with Crippen molar-refractivity contribution in [1.82, 2.24) is 10.2 Å². The Morgan fingerprint density at radius 2 is 1.76 bits per heavy atom. The van der Waals surface area contributed by atoms with Gasteiger partial charge in [0, 0.05) is 26.2 Å². The number of nitrogens with one attached hydrogen (secondary N) is 1. The molecule has 21 heavy (non-hydrogen) atoms. The highest BCUT2D eigenvalue weighted by Crippen LogP contribution is 2.04. The van der Waals surface area contributed by atoms with Crippen molar-refractivity contribution in [2.75, 3.05) is 13.1 Å². The Morgan fingerprint density at radius 1 is 1.14 bits per heavy atom. The Hall–Kier alpha value is -1.88. The van der Waals surface area contributed by atoms with E-state index in [4.69, 9.17) is 5.73 Å². The maximum absolute atomic E-state index is 12.1. The van der Waals surface area contributed by atoms with Gasteiger partial charge in [0.25, 0.3) is 0 Å². The van der Waals surface area contributed by atoms with Crippen LogP contribution < -0.4 is 11.1 Å². The van der Waals surface area contributed by atoms with Gasteiger partial charge in [-0.25, -0.2) is 0 Å². The van der Waals surface area contributed by atoms with Crippen LogP contribution >= 0.6 is 0 Å². The first-order chi connectivity index (χ1) is 10.1. The van der Waals surface area contributed by atoms with Crippen molar-refractivity contribution < 1.29 is 9.59 Å². The Kier molecular flexibility index (Phi) is 7.46. The van der Waals surface area contributed by atoms with Crippen LogP contribution in [0.2, 0.25) is 0 Å². The molecular formula is C16H25N3O2. The summed E-state index contributed by atoms with van der Waals surface area (Å²) in [6.45, 7) is 6.01. The zero-order chi connectivity index (χ0) is 15.7. The summed E-state index contributed by atoms with van der Waals surface area (Å²) in [6, 6.07) is 7.66. The van der Waals surface area contributed by atoms with Gasteiger partial charge in [-0.2, -0.15) is 0 Å². The molecule has 2 amide bonds. The molecule has 0 unspecified atom stereocenters. The first-order valence-corrected chi connectivity index (χ1v) is 7.47. The zero-order valence-electron chi connectivity index (χ0n) is 12.9. The normalized spacial score (nSPS) is 10.2. The molecule has 0 aromatic heterocycles. The zero-order valence-corrected chi connectivity index (χ0v) is 12.9. The van der Waals surface area contributed by atoms with Gasteiger partial charge < -0.3 is 16.0 Å². The van der Waals surface area contributed by atoms with Crippen molar-refractivity contribution in [3.63, 3.8) is 0 Å². The van der Waals surface area contributed by atoms with E-state index < -0.39 is 11.8 Å². The average Bonchev–Trinajstić information content (AvgIpc) is 2.51. The van der Waals surface area contributed by atoms with E-state index in [1.165, 1.54) is 0 Å². The highest BCUT2D eigenvalue weighted by Gasteiger charge is 2.19. The number of rotatable bonds is 7. The number of carbonyl (C=O) groups is 2. The summed E-state index contributed by atoms with van der Waals surface area (Å²) in [7, 11) is 0. The predicted molar refractivity (Wildman–Crippen MR) is 83.3 cm³/mol. The van der Waals surface area contributed by atoms with E-state index in [-0.39, 0.29) is 0 Å². The van der Waals surface area contributed by atoms with Crippen molar-refractivity contribution in [2.45, 2.75) is 39.8 Å². The SMILES string of the molecule is CCCN(CCC)C(=O)C(=O)NCc1cccc(CN)c1. The summed E-state index contributed by atoms with van der Waals surface area (Å²) in [6.07, 6.45) is 1.69. The van der Waals surface area contributed by atoms with Crippen molar-refractivity contribution in [3.05, 3.63) is 35.4 Å². The minimum absolute atomic E-state index is 0.338. The van der Waals surface area contributed by atoms with E-state index in [1.807, 2.05) is 38.1 Å². The maximum Gasteiger partial charge on any atom is 0.311 e. The molecule has 116 valence electrons. The van der Waals surface area contributed by atoms with Gasteiger partial charge in [0.2, 0.25) is 0 Å². The molecule has 1 rings (SSSR count). The van der Waals surface area contributed by atoms with Crippen LogP contribution in [0.5, 0.6) is 0 Å². The number of carbonyl (C=O) groups excluding carboxylic acids is 2. The Morgan fingerprint density at radius 3 is 2.33 bits per heavy atom. The molecule has 1 aromatic carbocycles. The molecule has 1 aromatic rings. The monoisotopic (exact) mass is 291 g/mol. The highest BCUT2D eigenvalue weighted by atomic mass is 16.2. The van der Waals surface area contributed by atoms with Gasteiger partial charge >= 0.3 is 11.8 Å². The molecule has 0 bridgehead atoms. The lowest BCUT2D eigenvalue weighted by Crippen LogP contribution is -2.43. The molecule has 5 heteroatoms. The van der Waals surface area contributed by atoms with Gasteiger partial charge in [-0.1, -0.05) is 38.1 Å². The molecule has 0 aliphatic rings. The van der Waals surface area contributed by atoms with Crippen molar-refractivity contribution >= 4 is 11.8 Å². The smallest absolute Gasteiger partial charge is 0.311 e. The Labute approximate surface area is 126 Å². The predicted octanol–water partition coefficient (Wildman–Crippen LogP) is 1.41. The summed E-state index contributed by atoms with van der Waals surface area (Å²) in [4.78, 5) is 25.6. The molecule has 0 atom stereocenters. The average molecular weight is 291 g/mol. The molecular weight excluding hydrogens is 266 g/mol. The van der Waals surface area contributed by atoms with Crippen LogP contribution in [0.15, 0.2) is 24.3 Å². The largest absolute Gasteiger partial charge is 0.344 e. The van der Waals surface area contributed by atoms with Crippen LogP contribution in [-0.4, -0.2) is 29.8 Å². The Bertz CT molecular complexity index is 468. The topological polar surface area (TPSA) is 75.4 Å². The summed E-state index contributed by atoms with van der Waals surface area (Å²) in [5.74, 6) is -0.997. The van der Waals surface area contributed by atoms with Crippen LogP contribution in [0.3, 0.4) is 0 Å². The van der Waals surface area contributed by atoms with Gasteiger partial charge in [0.1, 0.15) is 0 Å². The van der Waals surface area contributed by atoms with E-state index in [0.717, 1.165) is 24.0 Å². The molecule has 0 fully saturated rings. The lowest BCUT2D eigenvalue weighted by Gasteiger charge is -2.20. The highest BCUT2D eigenvalue weighted by molar-refractivity contribution is 6.34. The molecule has 0 aliphatic heterocycles. The fraction of sp³-hybridized carbons (Fsp3) is 0.500. The second kappa shape index (κ2) is 9.13. The third-order valence-electron chi connectivity index (χ3n) is 3.15. The first kappa shape index (κ1) is 17.2. The van der Waals surface area contributed by atoms with Crippen molar-refractivity contribution in [1.29, 1.82) is 0 Å². The molecule has 0 spiro atoms. The van der Waals surface area contributed by atoms with Gasteiger partial charge in [0.05, 0.1) is 0 Å². The molecule has 0 saturated heterocycles. The number of nitrogens with zero attached hydrogens (tertiary/aromatic N) is 1. The van der Waals surface area contributed by atoms with E-state index in [9.17, 15) is 9.59 Å². The molecule has 3 N–H and O–H groups in total. The van der Waals surface area contributed by atoms with Crippen LogP contribution in [0, 0.1) is 0 Å². The second-order valence-corrected chi connectivity index (χ2v) is 5.00. The summed E-state index contributed by atoms with van der Waals surface area (Å²) < 4.78 is 0. The van der Waals surface area contributed by atoms with Crippen LogP contribution in [0.4, 0.5) is 0 Å². The third-order valence-corrected chi connectivity index (χ3v) is 3.15. The number of benzene rings is 1. The lowest BCUT2D eigenvalue weighted by atomic mass is 10.1. The van der Waals surface area contributed by atoms with E-state index in [2.05, 4.69) is 5.32 Å². The molecule has 5 nitrogen and oxygen atoms in total. The van der Waals surface area contributed by atoms with Crippen molar-refractivity contribution in [3.8, 4) is 0 Å². The van der Waals surface area contributed by atoms with Crippen molar-refractivity contribution in [2.24, 2.45) is 5.73 Å². The number of nitrogens with two attached hydrogens (primary N) is 1. The minimum Gasteiger partial charge on any atom is -0.344 e. The maximum atomic E-state index is 12.1. The quantitative estimate of drug-likeness (QED) is 0.746. The van der Waals surface area contributed by atoms with Gasteiger partial charge in [0.15, 0.2) is 0 Å². The molecule has 0 saturated carbocycles. The lowest BCUT2D eigenvalue weighted by molar-refractivity contribution is -0.146. The van der Waals surface area contributed by atoms with Crippen LogP contribution in [0.1, 0.15) is 37.8 Å². The minimum atomic E-state index is -0.546. The van der Waals surface area contributed by atoms with Gasteiger partial charge in [-0.3, -0.25) is 9.59 Å². The summed E-state index contributed by atoms with van der Waals surface area (Å²) in [5.41, 5.74) is 7.53. The molecule has 0 radical (unpaired) electrons. The van der Waals surface area contributed by atoms with Gasteiger partial charge in [-0.15, -0.1) is 0 Å². The van der Waals surface area contributed by atoms with Crippen LogP contribution in [0.25, 0.3) is 0 Å². The fourth-order valence-corrected chi connectivity index (χ4v) is 2.12. The third kappa shape index (κ3) is 5.55. The number of amides is 2. The molecule has 0 aliphatic carbocycles. The second-order valence-electron chi connectivity index (χ2n) is 5.00. The number of hydrogen-bond acceptors (Lipinski definition) is 3. The fourth-order valence-electron chi connectivity index (χ4n) is 2.12. The summed E-state index contributed by atoms with van der Waals surface area (Å²) in [5, 5.41) is 2.68. The summed E-state index contributed by atoms with van der Waals surface area (Å²) >= 11 is 0. The van der Waals surface area contributed by atoms with E-state index in [1.54, 1.807) is 4.90 Å². The first-order valence-electron chi connectivity index (χ1n) is 7.47. The van der Waals surface area contributed by atoms with E-state index >= 15 is 0 Å². The van der Waals surface area contributed by atoms with Crippen LogP contribution in [-0.2, 0) is 22.7 Å². The number of hydrogen-bond donors (Lipinski definition) is 2. The Balaban J connectivity index is 2.56. The standard InChI is InChI=1S/C16H25N3O2/c1-3-8-19(9-4-2)16(21)15(20)18-12-14-7-5-6-13(10-14)11-17/h5-7,10H,3-4,8-9,11-12,17H2,1-2H3,(H,18,20). The van der Waals surface area contributed by atoms with Gasteiger partial charge in [-0.05, 0) is 24.0 Å². The van der Waals surface area contributed by atoms with E-state index in [0.29, 0.717) is 26.2 Å².